The van der Waals surface area contributed by atoms with Gasteiger partial charge in [0, 0.05) is 0 Å². The number of nitrogens with one attached hydrogen (secondary N) is 1. The Labute approximate surface area is 66.9 Å². The first-order valence-corrected chi connectivity index (χ1v) is 5.10. The summed E-state index contributed by atoms with van der Waals surface area (Å²) in [7, 11) is 1.61. The summed E-state index contributed by atoms with van der Waals surface area (Å²) in [6.07, 6.45) is 0. The van der Waals surface area contributed by atoms with Gasteiger partial charge in [-0.15, -0.1) is 0 Å². The monoisotopic (exact) mass is 242 g/mol. The van der Waals surface area contributed by atoms with Gasteiger partial charge in [0.15, 0.2) is 0 Å². The topological polar surface area (TPSA) is 21.3 Å². The van der Waals surface area contributed by atoms with E-state index in [0.717, 1.165) is 7.63 Å². The predicted octanol–water partition coefficient (Wildman–Crippen LogP) is -1.89. The van der Waals surface area contributed by atoms with Crippen molar-refractivity contribution in [3.63, 3.8) is 0 Å². The Hall–Kier alpha value is 0.230. The first-order chi connectivity index (χ1) is 4.16. The van der Waals surface area contributed by atoms with E-state index in [1.807, 2.05) is 0 Å². The Kier molecular flexibility index (Phi) is 5.18. The summed E-state index contributed by atoms with van der Waals surface area (Å²) in [6, 6.07) is 0. The minimum absolute atomic E-state index is 0.0655. The van der Waals surface area contributed by atoms with Gasteiger partial charge >= 0.3 is 66.7 Å². The van der Waals surface area contributed by atoms with E-state index in [1.165, 1.54) is 0 Å². The average molecular weight is 242 g/mol. The molecule has 0 aromatic rings. The summed E-state index contributed by atoms with van der Waals surface area (Å²) in [5.74, 6) is 0. The predicted molar refractivity (Wildman–Crippen MR) is 34.4 cm³/mol. The summed E-state index contributed by atoms with van der Waals surface area (Å²) in [6.45, 7) is 8.18. The molecule has 0 fully saturated rings. The van der Waals surface area contributed by atoms with Crippen molar-refractivity contribution < 1.29 is 26.0 Å². The average Bonchev–Trinajstić information content (AvgIpc) is 1.63. The van der Waals surface area contributed by atoms with Crippen molar-refractivity contribution in [3.8, 4) is 0 Å². The van der Waals surface area contributed by atoms with Crippen LogP contribution < -0.4 is 26.7 Å². The van der Waals surface area contributed by atoms with E-state index in [-0.39, 0.29) is 21.2 Å². The molecule has 0 aliphatic carbocycles. The van der Waals surface area contributed by atoms with Crippen LogP contribution in [0.15, 0.2) is 10.3 Å². The van der Waals surface area contributed by atoms with Crippen molar-refractivity contribution in [2.24, 2.45) is 0 Å². The number of hydrogen-bond acceptors (Lipinski definition) is 2. The molecular formula is C6H13INO-. The maximum atomic E-state index is 4.68. The van der Waals surface area contributed by atoms with Crippen LogP contribution in [0.25, 0.3) is 0 Å². The van der Waals surface area contributed by atoms with Gasteiger partial charge < -0.3 is 0 Å². The molecule has 0 aliphatic heterocycles. The van der Waals surface area contributed by atoms with Gasteiger partial charge in [0.25, 0.3) is 0 Å². The molecule has 0 bridgehead atoms. The molecule has 0 aliphatic rings. The quantitative estimate of drug-likeness (QED) is 0.269. The molecule has 0 unspecified atom stereocenters. The molecule has 0 aromatic heterocycles. The summed E-state index contributed by atoms with van der Waals surface area (Å²) >= 11 is 0.0655. The number of rotatable bonds is 4. The Morgan fingerprint density at radius 3 is 2.56 bits per heavy atom. The number of halogens is 1. The van der Waals surface area contributed by atoms with Crippen molar-refractivity contribution in [2.45, 2.75) is 17.8 Å². The normalized spacial score (nSPS) is 10.2. The van der Waals surface area contributed by atoms with Crippen LogP contribution in [0.5, 0.6) is 0 Å². The fourth-order valence-electron chi connectivity index (χ4n) is 0.396. The molecule has 0 aromatic carbocycles. The third-order valence-corrected chi connectivity index (χ3v) is 2.78. The number of hydrogen-bond donors (Lipinski definition) is 1. The van der Waals surface area contributed by atoms with Gasteiger partial charge in [0.1, 0.15) is 0 Å². The Morgan fingerprint density at radius 1 is 1.67 bits per heavy atom. The molecule has 3 heteroatoms. The second-order valence-electron chi connectivity index (χ2n) is 1.83. The summed E-state index contributed by atoms with van der Waals surface area (Å²) in [4.78, 5) is 4.68. The van der Waals surface area contributed by atoms with Crippen molar-refractivity contribution in [1.82, 2.24) is 5.48 Å². The van der Waals surface area contributed by atoms with E-state index in [4.69, 9.17) is 0 Å². The van der Waals surface area contributed by atoms with Gasteiger partial charge in [-0.3, -0.25) is 0 Å². The molecule has 0 rings (SSSR count). The number of alkyl halides is 1. The molecule has 56 valence electrons. The summed E-state index contributed by atoms with van der Waals surface area (Å²) in [5.41, 5.74) is 2.73. The molecule has 1 N–H and O–H groups in total. The van der Waals surface area contributed by atoms with Crippen LogP contribution in [-0.4, -0.2) is 11.0 Å². The van der Waals surface area contributed by atoms with Gasteiger partial charge in [-0.25, -0.2) is 0 Å². The van der Waals surface area contributed by atoms with Gasteiger partial charge in [-0.05, 0) is 0 Å². The van der Waals surface area contributed by atoms with E-state index in [9.17, 15) is 0 Å². The van der Waals surface area contributed by atoms with Crippen LogP contribution in [-0.2, 0) is 4.84 Å². The molecule has 0 saturated heterocycles. The summed E-state index contributed by atoms with van der Waals surface area (Å²) < 4.78 is 1.80. The van der Waals surface area contributed by atoms with Crippen LogP contribution in [0.3, 0.4) is 0 Å². The number of hydroxylamine groups is 1. The third kappa shape index (κ3) is 6.11. The van der Waals surface area contributed by atoms with E-state index >= 15 is 0 Å². The Balaban J connectivity index is 3.27. The Morgan fingerprint density at radius 2 is 2.22 bits per heavy atom. The minimum atomic E-state index is 0.0655. The van der Waals surface area contributed by atoms with Crippen LogP contribution in [0.2, 0.25) is 0 Å². The molecule has 0 atom stereocenters. The van der Waals surface area contributed by atoms with Gasteiger partial charge in [0.05, 0.1) is 0 Å². The third-order valence-electron chi connectivity index (χ3n) is 0.563. The molecule has 2 nitrogen and oxygen atoms in total. The summed E-state index contributed by atoms with van der Waals surface area (Å²) in [5, 5.41) is 0. The zero-order chi connectivity index (χ0) is 7.28. The second kappa shape index (κ2) is 5.05. The van der Waals surface area contributed by atoms with E-state index in [0.29, 0.717) is 0 Å². The van der Waals surface area contributed by atoms with E-state index in [1.54, 1.807) is 7.11 Å². The van der Waals surface area contributed by atoms with E-state index < -0.39 is 0 Å². The van der Waals surface area contributed by atoms with Crippen LogP contribution in [0.1, 0.15) is 13.8 Å². The Bertz CT molecular complexity index is 93.1. The first kappa shape index (κ1) is 9.23. The molecule has 0 spiro atoms. The van der Waals surface area contributed by atoms with Crippen molar-refractivity contribution >= 4 is 0 Å². The van der Waals surface area contributed by atoms with Gasteiger partial charge in [-0.1, -0.05) is 0 Å². The zero-order valence-electron chi connectivity index (χ0n) is 6.07. The molecule has 0 heterocycles. The molecule has 0 amide bonds. The first-order valence-electron chi connectivity index (χ1n) is 2.78. The standard InChI is InChI=1S/C6H13INO/c1-5(2)7-6(3)8-9-4/h5,8H,3H2,1-2,4H3/q-1. The second-order valence-corrected chi connectivity index (χ2v) is 6.25. The van der Waals surface area contributed by atoms with Gasteiger partial charge in [0.2, 0.25) is 0 Å². The molecular weight excluding hydrogens is 229 g/mol. The van der Waals surface area contributed by atoms with Crippen LogP contribution in [0, 0.1) is 0 Å². The van der Waals surface area contributed by atoms with Crippen molar-refractivity contribution in [3.05, 3.63) is 10.3 Å². The van der Waals surface area contributed by atoms with Crippen LogP contribution in [0.4, 0.5) is 0 Å². The van der Waals surface area contributed by atoms with Crippen LogP contribution >= 0.6 is 0 Å². The van der Waals surface area contributed by atoms with E-state index in [2.05, 4.69) is 30.7 Å². The SMILES string of the molecule is C=C(NOC)[I-]C(C)C. The zero-order valence-corrected chi connectivity index (χ0v) is 8.23. The fourth-order valence-corrected chi connectivity index (χ4v) is 2.25. The molecule has 9 heavy (non-hydrogen) atoms. The van der Waals surface area contributed by atoms with Gasteiger partial charge in [-0.2, -0.15) is 0 Å². The van der Waals surface area contributed by atoms with Crippen molar-refractivity contribution in [2.75, 3.05) is 7.11 Å². The maximum absolute atomic E-state index is 4.68. The van der Waals surface area contributed by atoms with Crippen molar-refractivity contribution in [1.29, 1.82) is 0 Å². The fraction of sp³-hybridized carbons (Fsp3) is 0.667. The molecule has 0 radical (unpaired) electrons. The molecule has 0 saturated carbocycles.